The number of phenolic OH excluding ortho intramolecular Hbond substituents is 3. The molecule has 0 aliphatic heterocycles. The predicted molar refractivity (Wildman–Crippen MR) is 106 cm³/mol. The molecule has 3 aromatic rings. The second-order valence-electron chi connectivity index (χ2n) is 6.75. The zero-order chi connectivity index (χ0) is 23.4. The van der Waals surface area contributed by atoms with E-state index in [2.05, 4.69) is 0 Å². The molecule has 0 bridgehead atoms. The van der Waals surface area contributed by atoms with Gasteiger partial charge in [-0.1, -0.05) is 24.3 Å². The molecule has 0 unspecified atom stereocenters. The van der Waals surface area contributed by atoms with Gasteiger partial charge in [0.2, 0.25) is 0 Å². The summed E-state index contributed by atoms with van der Waals surface area (Å²) in [6.07, 6.45) is 0. The van der Waals surface area contributed by atoms with Crippen LogP contribution in [0.3, 0.4) is 0 Å². The number of fused-ring (bicyclic) bond motifs is 2. The van der Waals surface area contributed by atoms with Crippen LogP contribution in [0, 0.1) is 0 Å². The van der Waals surface area contributed by atoms with Gasteiger partial charge >= 0.3 is 16.1 Å². The van der Waals surface area contributed by atoms with Crippen molar-refractivity contribution in [3.63, 3.8) is 0 Å². The Morgan fingerprint density at radius 3 is 2.03 bits per heavy atom. The SMILES string of the molecule is O=C(O)c1cc(O)cc(OS(=O)(=O)c2cc(O)c3c(c2O)C(=O)c2ccccc2C3=O)c1. The number of carboxylic acids is 1. The van der Waals surface area contributed by atoms with Crippen molar-refractivity contribution in [2.75, 3.05) is 0 Å². The lowest BCUT2D eigenvalue weighted by Gasteiger charge is -2.20. The van der Waals surface area contributed by atoms with Crippen molar-refractivity contribution < 1.29 is 47.4 Å². The van der Waals surface area contributed by atoms with Crippen LogP contribution < -0.4 is 4.18 Å². The van der Waals surface area contributed by atoms with E-state index in [1.54, 1.807) is 0 Å². The highest BCUT2D eigenvalue weighted by Gasteiger charge is 2.38. The third kappa shape index (κ3) is 3.20. The van der Waals surface area contributed by atoms with Gasteiger partial charge in [-0.15, -0.1) is 0 Å². The van der Waals surface area contributed by atoms with Gasteiger partial charge in [0.15, 0.2) is 16.5 Å². The predicted octanol–water partition coefficient (Wildman–Crippen LogP) is 2.04. The molecule has 0 heterocycles. The number of aromatic hydroxyl groups is 3. The number of rotatable bonds is 4. The first kappa shape index (κ1) is 20.9. The highest BCUT2D eigenvalue weighted by Crippen LogP contribution is 2.42. The summed E-state index contributed by atoms with van der Waals surface area (Å²) in [6, 6.07) is 8.65. The summed E-state index contributed by atoms with van der Waals surface area (Å²) in [6.45, 7) is 0. The van der Waals surface area contributed by atoms with Crippen LogP contribution in [0.2, 0.25) is 0 Å². The van der Waals surface area contributed by atoms with Crippen molar-refractivity contribution in [2.45, 2.75) is 4.90 Å². The van der Waals surface area contributed by atoms with E-state index in [0.29, 0.717) is 6.07 Å². The number of ketones is 2. The molecule has 0 spiro atoms. The van der Waals surface area contributed by atoms with Crippen molar-refractivity contribution in [1.29, 1.82) is 0 Å². The zero-order valence-electron chi connectivity index (χ0n) is 15.8. The van der Waals surface area contributed by atoms with Crippen LogP contribution >= 0.6 is 0 Å². The number of hydrogen-bond acceptors (Lipinski definition) is 9. The molecule has 0 fully saturated rings. The van der Waals surface area contributed by atoms with Crippen LogP contribution in [0.5, 0.6) is 23.0 Å². The molecule has 4 N–H and O–H groups in total. The minimum absolute atomic E-state index is 0.0208. The maximum absolute atomic E-state index is 12.9. The largest absolute Gasteiger partial charge is 0.508 e. The zero-order valence-corrected chi connectivity index (χ0v) is 16.6. The number of hydrogen-bond donors (Lipinski definition) is 4. The molecule has 1 aliphatic carbocycles. The number of phenols is 3. The Morgan fingerprint density at radius 2 is 1.44 bits per heavy atom. The highest BCUT2D eigenvalue weighted by molar-refractivity contribution is 7.87. The van der Waals surface area contributed by atoms with E-state index in [9.17, 15) is 38.1 Å². The summed E-state index contributed by atoms with van der Waals surface area (Å²) in [5.41, 5.74) is -1.86. The molecule has 0 saturated carbocycles. The van der Waals surface area contributed by atoms with Crippen molar-refractivity contribution in [1.82, 2.24) is 0 Å². The number of aromatic carboxylic acids is 1. The second kappa shape index (κ2) is 7.10. The summed E-state index contributed by atoms with van der Waals surface area (Å²) >= 11 is 0. The summed E-state index contributed by atoms with van der Waals surface area (Å²) in [4.78, 5) is 35.7. The molecule has 0 amide bonds. The molecule has 0 radical (unpaired) electrons. The molecule has 10 nitrogen and oxygen atoms in total. The molecule has 1 aliphatic rings. The third-order valence-electron chi connectivity index (χ3n) is 4.73. The van der Waals surface area contributed by atoms with Gasteiger partial charge in [-0.3, -0.25) is 9.59 Å². The fourth-order valence-corrected chi connectivity index (χ4v) is 4.39. The van der Waals surface area contributed by atoms with Crippen molar-refractivity contribution >= 4 is 27.7 Å². The number of carboxylic acid groups (broad SMARTS) is 1. The number of benzene rings is 3. The van der Waals surface area contributed by atoms with Gasteiger partial charge in [0.1, 0.15) is 23.0 Å². The first-order valence-corrected chi connectivity index (χ1v) is 10.2. The number of carbonyl (C=O) groups is 3. The monoisotopic (exact) mass is 456 g/mol. The maximum atomic E-state index is 12.9. The Balaban J connectivity index is 1.86. The van der Waals surface area contributed by atoms with Crippen LogP contribution in [0.1, 0.15) is 42.2 Å². The van der Waals surface area contributed by atoms with E-state index in [1.807, 2.05) is 0 Å². The minimum Gasteiger partial charge on any atom is -0.508 e. The molecule has 0 atom stereocenters. The van der Waals surface area contributed by atoms with Gasteiger partial charge in [0, 0.05) is 23.3 Å². The van der Waals surface area contributed by atoms with E-state index in [0.717, 1.165) is 18.2 Å². The van der Waals surface area contributed by atoms with E-state index < -0.39 is 72.2 Å². The molecular weight excluding hydrogens is 444 g/mol. The van der Waals surface area contributed by atoms with Gasteiger partial charge in [-0.05, 0) is 12.1 Å². The van der Waals surface area contributed by atoms with Crippen LogP contribution in [-0.2, 0) is 10.1 Å². The highest BCUT2D eigenvalue weighted by atomic mass is 32.2. The van der Waals surface area contributed by atoms with Gasteiger partial charge < -0.3 is 24.6 Å². The summed E-state index contributed by atoms with van der Waals surface area (Å²) in [5, 5.41) is 39.6. The van der Waals surface area contributed by atoms with E-state index in [1.165, 1.54) is 24.3 Å². The average Bonchev–Trinajstić information content (AvgIpc) is 2.72. The Kier molecular flexibility index (Phi) is 4.63. The van der Waals surface area contributed by atoms with E-state index in [-0.39, 0.29) is 11.1 Å². The molecule has 4 rings (SSSR count). The fraction of sp³-hybridized carbons (Fsp3) is 0. The van der Waals surface area contributed by atoms with Crippen LogP contribution in [-0.4, -0.2) is 46.4 Å². The molecule has 11 heteroatoms. The normalized spacial score (nSPS) is 12.8. The Labute approximate surface area is 179 Å². The van der Waals surface area contributed by atoms with Crippen molar-refractivity contribution in [2.24, 2.45) is 0 Å². The first-order chi connectivity index (χ1) is 15.0. The molecule has 3 aromatic carbocycles. The van der Waals surface area contributed by atoms with Gasteiger partial charge in [0.05, 0.1) is 16.7 Å². The van der Waals surface area contributed by atoms with Crippen LogP contribution in [0.4, 0.5) is 0 Å². The molecule has 0 saturated heterocycles. The summed E-state index contributed by atoms with van der Waals surface area (Å²) < 4.78 is 30.3. The molecule has 162 valence electrons. The lowest BCUT2D eigenvalue weighted by atomic mass is 9.83. The molecular formula is C21H12O10S. The summed E-state index contributed by atoms with van der Waals surface area (Å²) in [5.74, 6) is -6.35. The van der Waals surface area contributed by atoms with Crippen molar-refractivity contribution in [3.05, 3.63) is 76.3 Å². The maximum Gasteiger partial charge on any atom is 0.343 e. The van der Waals surface area contributed by atoms with Crippen LogP contribution in [0.15, 0.2) is 53.4 Å². The minimum atomic E-state index is -4.96. The Morgan fingerprint density at radius 1 is 0.844 bits per heavy atom. The quantitative estimate of drug-likeness (QED) is 0.263. The summed E-state index contributed by atoms with van der Waals surface area (Å²) in [7, 11) is -4.96. The third-order valence-corrected chi connectivity index (χ3v) is 5.99. The van der Waals surface area contributed by atoms with Gasteiger partial charge in [0.25, 0.3) is 0 Å². The lowest BCUT2D eigenvalue weighted by Crippen LogP contribution is -2.22. The van der Waals surface area contributed by atoms with Gasteiger partial charge in [-0.25, -0.2) is 4.79 Å². The van der Waals surface area contributed by atoms with E-state index >= 15 is 0 Å². The van der Waals surface area contributed by atoms with Gasteiger partial charge in [-0.2, -0.15) is 8.42 Å². The Bertz CT molecular complexity index is 1450. The van der Waals surface area contributed by atoms with Crippen LogP contribution in [0.25, 0.3) is 0 Å². The fourth-order valence-electron chi connectivity index (χ4n) is 3.35. The first-order valence-electron chi connectivity index (χ1n) is 8.80. The van der Waals surface area contributed by atoms with Crippen molar-refractivity contribution in [3.8, 4) is 23.0 Å². The Hall–Kier alpha value is -4.38. The topological polar surface area (TPSA) is 176 Å². The second-order valence-corrected chi connectivity index (χ2v) is 8.27. The standard InChI is InChI=1S/C21H12O10S/c22-10-5-9(21(27)28)6-11(7-10)31-32(29,30)15-8-14(23)16-17(20(15)26)19(25)13-4-2-1-3-12(13)18(16)24/h1-8,22-23,26H,(H,27,28). The van der Waals surface area contributed by atoms with E-state index in [4.69, 9.17) is 9.29 Å². The number of carbonyl (C=O) groups excluding carboxylic acids is 2. The molecule has 32 heavy (non-hydrogen) atoms. The lowest BCUT2D eigenvalue weighted by molar-refractivity contribution is 0.0695. The smallest absolute Gasteiger partial charge is 0.343 e. The average molecular weight is 456 g/mol. The molecule has 0 aromatic heterocycles.